The van der Waals surface area contributed by atoms with Crippen molar-refractivity contribution in [3.63, 3.8) is 0 Å². The lowest BCUT2D eigenvalue weighted by Gasteiger charge is -1.92. The van der Waals surface area contributed by atoms with Gasteiger partial charge in [0.1, 0.15) is 0 Å². The third kappa shape index (κ3) is 0.922. The lowest BCUT2D eigenvalue weighted by atomic mass is 10.2. The number of hydrogen-bond acceptors (Lipinski definition) is 2. The number of hydrogen-bond donors (Lipinski definition) is 2. The molecule has 3 heteroatoms. The van der Waals surface area contributed by atoms with Crippen LogP contribution >= 0.6 is 12.6 Å². The highest BCUT2D eigenvalue weighted by atomic mass is 32.1. The van der Waals surface area contributed by atoms with E-state index in [-0.39, 0.29) is 0 Å². The third-order valence-electron chi connectivity index (χ3n) is 1.74. The Morgan fingerprint density at radius 3 is 3.00 bits per heavy atom. The monoisotopic (exact) mass is 164 g/mol. The summed E-state index contributed by atoms with van der Waals surface area (Å²) in [6.07, 6.45) is 0. The third-order valence-corrected chi connectivity index (χ3v) is 2.11. The highest BCUT2D eigenvalue weighted by Gasteiger charge is 2.02. The van der Waals surface area contributed by atoms with Crippen LogP contribution in [0.5, 0.6) is 0 Å². The molecule has 2 nitrogen and oxygen atoms in total. The Hall–Kier alpha value is -0.960. The molecule has 0 amide bonds. The zero-order valence-electron chi connectivity index (χ0n) is 6.13. The lowest BCUT2D eigenvalue weighted by Crippen LogP contribution is -1.71. The van der Waals surface area contributed by atoms with Crippen molar-refractivity contribution in [3.8, 4) is 0 Å². The summed E-state index contributed by atoms with van der Waals surface area (Å²) in [5, 5.41) is 8.14. The first kappa shape index (κ1) is 6.73. The second kappa shape index (κ2) is 2.27. The maximum atomic E-state index is 4.33. The lowest BCUT2D eigenvalue weighted by molar-refractivity contribution is 1.07. The molecule has 0 aliphatic carbocycles. The molecule has 56 valence electrons. The number of benzene rings is 1. The van der Waals surface area contributed by atoms with Gasteiger partial charge in [0.05, 0.1) is 5.52 Å². The smallest absolute Gasteiger partial charge is 0.0934 e. The van der Waals surface area contributed by atoms with Crippen LogP contribution in [0.25, 0.3) is 10.9 Å². The van der Waals surface area contributed by atoms with E-state index in [0.717, 1.165) is 21.5 Å². The average molecular weight is 164 g/mol. The van der Waals surface area contributed by atoms with E-state index in [2.05, 4.69) is 22.8 Å². The minimum absolute atomic E-state index is 0.980. The number of fused-ring (bicyclic) bond motifs is 1. The summed E-state index contributed by atoms with van der Waals surface area (Å²) in [4.78, 5) is 0.980. The van der Waals surface area contributed by atoms with Crippen LogP contribution in [0, 0.1) is 6.92 Å². The minimum atomic E-state index is 0.980. The summed E-state index contributed by atoms with van der Waals surface area (Å²) in [5.41, 5.74) is 2.06. The van der Waals surface area contributed by atoms with Gasteiger partial charge in [-0.2, -0.15) is 5.10 Å². The Labute approximate surface area is 70.0 Å². The van der Waals surface area contributed by atoms with Gasteiger partial charge in [0, 0.05) is 16.0 Å². The number of thiol groups is 1. The summed E-state index contributed by atoms with van der Waals surface area (Å²) in [5.74, 6) is 0. The Morgan fingerprint density at radius 2 is 2.27 bits per heavy atom. The normalized spacial score (nSPS) is 10.7. The second-order valence-electron chi connectivity index (χ2n) is 2.52. The quantitative estimate of drug-likeness (QED) is 0.574. The molecule has 0 aliphatic heterocycles. The van der Waals surface area contributed by atoms with Crippen LogP contribution in [0.15, 0.2) is 23.1 Å². The molecule has 1 aromatic carbocycles. The molecule has 0 bridgehead atoms. The van der Waals surface area contributed by atoms with Gasteiger partial charge in [0.25, 0.3) is 0 Å². The summed E-state index contributed by atoms with van der Waals surface area (Å²) in [6, 6.07) is 5.89. The maximum Gasteiger partial charge on any atom is 0.0934 e. The molecular weight excluding hydrogens is 156 g/mol. The molecule has 0 aliphatic rings. The number of aryl methyl sites for hydroxylation is 1. The van der Waals surface area contributed by atoms with Gasteiger partial charge in [0.15, 0.2) is 0 Å². The van der Waals surface area contributed by atoms with Crippen molar-refractivity contribution in [2.75, 3.05) is 0 Å². The number of nitrogens with zero attached hydrogens (tertiary/aromatic N) is 1. The van der Waals surface area contributed by atoms with Crippen molar-refractivity contribution < 1.29 is 0 Å². The molecule has 0 spiro atoms. The van der Waals surface area contributed by atoms with Crippen molar-refractivity contribution in [2.24, 2.45) is 0 Å². The van der Waals surface area contributed by atoms with E-state index in [4.69, 9.17) is 0 Å². The highest BCUT2D eigenvalue weighted by Crippen LogP contribution is 2.22. The van der Waals surface area contributed by atoms with E-state index >= 15 is 0 Å². The Balaban J connectivity index is 2.96. The van der Waals surface area contributed by atoms with Crippen molar-refractivity contribution in [3.05, 3.63) is 23.9 Å². The van der Waals surface area contributed by atoms with Gasteiger partial charge in [-0.15, -0.1) is 12.6 Å². The standard InChI is InChI=1S/C8H8N2S/c1-5-8-6(10-9-5)3-2-4-7(8)11/h2-4,11H,1H3,(H,9,10). The molecule has 2 aromatic rings. The number of H-pyrrole nitrogens is 1. The topological polar surface area (TPSA) is 28.7 Å². The van der Waals surface area contributed by atoms with Gasteiger partial charge in [-0.1, -0.05) is 6.07 Å². The summed E-state index contributed by atoms with van der Waals surface area (Å²) in [6.45, 7) is 2.00. The van der Waals surface area contributed by atoms with Crippen LogP contribution < -0.4 is 0 Å². The SMILES string of the molecule is Cc1[nH]nc2cccc(S)c12. The first-order valence-electron chi connectivity index (χ1n) is 3.41. The van der Waals surface area contributed by atoms with E-state index in [0.29, 0.717) is 0 Å². The van der Waals surface area contributed by atoms with Crippen LogP contribution in [-0.4, -0.2) is 10.2 Å². The molecule has 1 aromatic heterocycles. The van der Waals surface area contributed by atoms with Gasteiger partial charge < -0.3 is 0 Å². The zero-order valence-corrected chi connectivity index (χ0v) is 7.02. The highest BCUT2D eigenvalue weighted by molar-refractivity contribution is 7.80. The zero-order chi connectivity index (χ0) is 7.84. The van der Waals surface area contributed by atoms with E-state index in [1.54, 1.807) is 0 Å². The van der Waals surface area contributed by atoms with Crippen LogP contribution in [-0.2, 0) is 0 Å². The maximum absolute atomic E-state index is 4.33. The Kier molecular flexibility index (Phi) is 1.39. The van der Waals surface area contributed by atoms with Gasteiger partial charge in [-0.25, -0.2) is 0 Å². The van der Waals surface area contributed by atoms with E-state index < -0.39 is 0 Å². The molecule has 1 N–H and O–H groups in total. The first-order chi connectivity index (χ1) is 5.29. The summed E-state index contributed by atoms with van der Waals surface area (Å²) < 4.78 is 0. The van der Waals surface area contributed by atoms with Crippen LogP contribution in [0.4, 0.5) is 0 Å². The first-order valence-corrected chi connectivity index (χ1v) is 3.86. The number of nitrogens with one attached hydrogen (secondary N) is 1. The largest absolute Gasteiger partial charge is 0.282 e. The fourth-order valence-corrected chi connectivity index (χ4v) is 1.57. The molecule has 0 unspecified atom stereocenters. The predicted molar refractivity (Wildman–Crippen MR) is 48.1 cm³/mol. The molecule has 0 saturated heterocycles. The van der Waals surface area contributed by atoms with Crippen molar-refractivity contribution in [2.45, 2.75) is 11.8 Å². The Bertz CT molecular complexity index is 392. The van der Waals surface area contributed by atoms with Crippen LogP contribution in [0.1, 0.15) is 5.69 Å². The Morgan fingerprint density at radius 1 is 1.45 bits per heavy atom. The fourth-order valence-electron chi connectivity index (χ4n) is 1.21. The molecule has 0 radical (unpaired) electrons. The van der Waals surface area contributed by atoms with Crippen LogP contribution in [0.3, 0.4) is 0 Å². The molecule has 2 rings (SSSR count). The average Bonchev–Trinajstić information content (AvgIpc) is 2.34. The summed E-state index contributed by atoms with van der Waals surface area (Å²) >= 11 is 4.33. The molecule has 0 atom stereocenters. The van der Waals surface area contributed by atoms with Gasteiger partial charge in [0.2, 0.25) is 0 Å². The van der Waals surface area contributed by atoms with E-state index in [1.807, 2.05) is 25.1 Å². The number of aromatic amines is 1. The van der Waals surface area contributed by atoms with Crippen LogP contribution in [0.2, 0.25) is 0 Å². The minimum Gasteiger partial charge on any atom is -0.282 e. The number of rotatable bonds is 0. The summed E-state index contributed by atoms with van der Waals surface area (Å²) in [7, 11) is 0. The molecular formula is C8H8N2S. The molecule has 0 fully saturated rings. The molecule has 1 heterocycles. The predicted octanol–water partition coefficient (Wildman–Crippen LogP) is 2.16. The van der Waals surface area contributed by atoms with E-state index in [1.165, 1.54) is 0 Å². The second-order valence-corrected chi connectivity index (χ2v) is 3.00. The van der Waals surface area contributed by atoms with Gasteiger partial charge >= 0.3 is 0 Å². The molecule has 11 heavy (non-hydrogen) atoms. The van der Waals surface area contributed by atoms with Gasteiger partial charge in [-0.3, -0.25) is 5.10 Å². The van der Waals surface area contributed by atoms with Crippen molar-refractivity contribution in [1.82, 2.24) is 10.2 Å². The number of aromatic nitrogens is 2. The van der Waals surface area contributed by atoms with Crippen molar-refractivity contribution >= 4 is 23.5 Å². The van der Waals surface area contributed by atoms with Crippen molar-refractivity contribution in [1.29, 1.82) is 0 Å². The van der Waals surface area contributed by atoms with E-state index in [9.17, 15) is 0 Å². The fraction of sp³-hybridized carbons (Fsp3) is 0.125. The van der Waals surface area contributed by atoms with Gasteiger partial charge in [-0.05, 0) is 19.1 Å². The molecule has 0 saturated carbocycles.